The number of nitrogens with two attached hydrogens (primary N) is 1. The largest absolute Gasteiger partial charge is 0.398 e. The van der Waals surface area contributed by atoms with Gasteiger partial charge < -0.3 is 15.5 Å². The van der Waals surface area contributed by atoms with E-state index in [1.807, 2.05) is 38.1 Å². The third-order valence-electron chi connectivity index (χ3n) is 7.74. The molecular formula is C30H32Cl2FN7O2S. The van der Waals surface area contributed by atoms with Gasteiger partial charge in [0.2, 0.25) is 5.91 Å². The first-order chi connectivity index (χ1) is 20.5. The third kappa shape index (κ3) is 5.54. The fourth-order valence-electron chi connectivity index (χ4n) is 5.63. The summed E-state index contributed by atoms with van der Waals surface area (Å²) in [5.74, 6) is -0.557. The number of nitrogen functional groups attached to an aromatic ring is 1. The molecular weight excluding hydrogens is 612 g/mol. The van der Waals surface area contributed by atoms with E-state index in [4.69, 9.17) is 33.9 Å². The van der Waals surface area contributed by atoms with Crippen LogP contribution in [0.3, 0.4) is 0 Å². The zero-order chi connectivity index (χ0) is 31.2. The van der Waals surface area contributed by atoms with Gasteiger partial charge in [-0.1, -0.05) is 43.6 Å². The van der Waals surface area contributed by atoms with Gasteiger partial charge in [-0.2, -0.15) is 16.7 Å². The molecule has 13 heteroatoms. The molecule has 1 saturated heterocycles. The first kappa shape index (κ1) is 31.0. The molecule has 2 aromatic heterocycles. The highest BCUT2D eigenvalue weighted by molar-refractivity contribution is 7.99. The summed E-state index contributed by atoms with van der Waals surface area (Å²) in [6.07, 6.45) is 5.73. The van der Waals surface area contributed by atoms with E-state index in [2.05, 4.69) is 16.6 Å². The van der Waals surface area contributed by atoms with Crippen molar-refractivity contribution in [3.8, 4) is 11.3 Å². The van der Waals surface area contributed by atoms with Crippen molar-refractivity contribution < 1.29 is 9.18 Å². The summed E-state index contributed by atoms with van der Waals surface area (Å²) < 4.78 is 16.9. The Labute approximate surface area is 263 Å². The molecule has 4 heterocycles. The normalized spacial score (nSPS) is 19.1. The lowest BCUT2D eigenvalue weighted by molar-refractivity contribution is -0.126. The molecule has 1 unspecified atom stereocenters. The van der Waals surface area contributed by atoms with E-state index < -0.39 is 11.5 Å². The number of nitrogens with zero attached hydrogens (tertiary/aromatic N) is 6. The number of halogens is 3. The SMILES string of the molecule is C=CC(=O)N1CCN(c2nc(=O)n(C3=C(C(C)C)N=CCC3SC)c3nc(-c4c(N)ccc(Cl)c4F)c(Cl)cc23)[C@@H](C)C1. The number of fused-ring (bicyclic) bond motifs is 1. The van der Waals surface area contributed by atoms with Crippen LogP contribution in [0.15, 0.2) is 46.3 Å². The standard InChI is InChI=1S/C30H32Cl2FN7O2S/c1-6-22(41)38-11-12-39(16(4)14-38)28-17-13-19(32)26(23-20(34)8-7-18(31)24(23)33)36-29(17)40(30(42)37-28)27-21(43-5)9-10-35-25(27)15(2)3/h6-8,10,13,15-16,21H,1,9,11-12,14,34H2,2-5H3/t16-,21?/m0/s1. The van der Waals surface area contributed by atoms with Gasteiger partial charge in [-0.15, -0.1) is 0 Å². The molecule has 1 amide bonds. The van der Waals surface area contributed by atoms with Crippen molar-refractivity contribution in [2.24, 2.45) is 10.9 Å². The van der Waals surface area contributed by atoms with Gasteiger partial charge >= 0.3 is 5.69 Å². The quantitative estimate of drug-likeness (QED) is 0.269. The fraction of sp³-hybridized carbons (Fsp3) is 0.367. The minimum Gasteiger partial charge on any atom is -0.398 e. The lowest BCUT2D eigenvalue weighted by atomic mass is 10.0. The number of carbonyl (C=O) groups excluding carboxylic acids is 1. The van der Waals surface area contributed by atoms with Crippen molar-refractivity contribution >= 4 is 75.3 Å². The zero-order valence-electron chi connectivity index (χ0n) is 24.3. The molecule has 0 bridgehead atoms. The average molecular weight is 645 g/mol. The van der Waals surface area contributed by atoms with Crippen LogP contribution >= 0.6 is 35.0 Å². The molecule has 2 aliphatic rings. The number of aliphatic imine (C=N–C) groups is 1. The number of benzene rings is 1. The van der Waals surface area contributed by atoms with Gasteiger partial charge in [-0.05, 0) is 43.4 Å². The Bertz CT molecular complexity index is 1760. The maximum Gasteiger partial charge on any atom is 0.355 e. The smallest absolute Gasteiger partial charge is 0.355 e. The molecule has 1 fully saturated rings. The highest BCUT2D eigenvalue weighted by atomic mass is 35.5. The van der Waals surface area contributed by atoms with E-state index in [1.165, 1.54) is 22.8 Å². The second-order valence-corrected chi connectivity index (χ2v) is 12.7. The average Bonchev–Trinajstić information content (AvgIpc) is 2.98. The Morgan fingerprint density at radius 1 is 1.23 bits per heavy atom. The Hall–Kier alpha value is -3.41. The molecule has 2 N–H and O–H groups in total. The summed E-state index contributed by atoms with van der Waals surface area (Å²) in [4.78, 5) is 44.2. The Morgan fingerprint density at radius 2 is 1.98 bits per heavy atom. The van der Waals surface area contributed by atoms with E-state index in [1.54, 1.807) is 22.7 Å². The Morgan fingerprint density at radius 3 is 2.63 bits per heavy atom. The highest BCUT2D eigenvalue weighted by Gasteiger charge is 2.32. The van der Waals surface area contributed by atoms with E-state index >= 15 is 4.39 Å². The van der Waals surface area contributed by atoms with E-state index in [0.29, 0.717) is 43.0 Å². The number of pyridine rings is 1. The molecule has 9 nitrogen and oxygen atoms in total. The van der Waals surface area contributed by atoms with Gasteiger partial charge in [0.1, 0.15) is 5.82 Å². The topological polar surface area (TPSA) is 110 Å². The van der Waals surface area contributed by atoms with Crippen molar-refractivity contribution in [3.05, 3.63) is 62.9 Å². The minimum atomic E-state index is -0.762. The fourth-order valence-corrected chi connectivity index (χ4v) is 6.76. The van der Waals surface area contributed by atoms with Crippen LogP contribution in [0.2, 0.25) is 10.0 Å². The van der Waals surface area contributed by atoms with E-state index in [0.717, 1.165) is 5.70 Å². The first-order valence-corrected chi connectivity index (χ1v) is 15.9. The van der Waals surface area contributed by atoms with Crippen molar-refractivity contribution in [3.63, 3.8) is 0 Å². The summed E-state index contributed by atoms with van der Waals surface area (Å²) in [5, 5.41) is 0.368. The summed E-state index contributed by atoms with van der Waals surface area (Å²) in [5.41, 5.74) is 7.41. The number of allylic oxidation sites excluding steroid dienone is 1. The monoisotopic (exact) mass is 643 g/mol. The first-order valence-electron chi connectivity index (χ1n) is 13.8. The molecule has 0 aliphatic carbocycles. The molecule has 226 valence electrons. The lowest BCUT2D eigenvalue weighted by Crippen LogP contribution is -2.54. The Balaban J connectivity index is 1.84. The third-order valence-corrected chi connectivity index (χ3v) is 9.31. The number of piperazine rings is 1. The highest BCUT2D eigenvalue weighted by Crippen LogP contribution is 2.41. The molecule has 0 spiro atoms. The number of amides is 1. The molecule has 5 rings (SSSR count). The number of hydrogen-bond donors (Lipinski definition) is 1. The predicted molar refractivity (Wildman–Crippen MR) is 176 cm³/mol. The summed E-state index contributed by atoms with van der Waals surface area (Å²) in [6, 6.07) is 4.30. The number of hydrogen-bond acceptors (Lipinski definition) is 8. The molecule has 3 aromatic rings. The van der Waals surface area contributed by atoms with E-state index in [9.17, 15) is 9.59 Å². The lowest BCUT2D eigenvalue weighted by Gasteiger charge is -2.40. The van der Waals surface area contributed by atoms with Crippen LogP contribution in [0.1, 0.15) is 27.2 Å². The molecule has 1 aromatic carbocycles. The van der Waals surface area contributed by atoms with E-state index in [-0.39, 0.29) is 55.8 Å². The number of aromatic nitrogens is 3. The van der Waals surface area contributed by atoms with Crippen LogP contribution in [-0.4, -0.2) is 68.7 Å². The van der Waals surface area contributed by atoms with Crippen LogP contribution in [0.25, 0.3) is 28.0 Å². The van der Waals surface area contributed by atoms with Crippen LogP contribution < -0.4 is 16.3 Å². The van der Waals surface area contributed by atoms with Crippen molar-refractivity contribution in [1.29, 1.82) is 0 Å². The van der Waals surface area contributed by atoms with Gasteiger partial charge in [-0.25, -0.2) is 18.7 Å². The minimum absolute atomic E-state index is 0.00823. The number of thioether (sulfide) groups is 1. The molecule has 2 atom stereocenters. The van der Waals surface area contributed by atoms with Crippen LogP contribution in [-0.2, 0) is 4.79 Å². The maximum atomic E-state index is 15.4. The Kier molecular flexibility index (Phi) is 8.87. The summed E-state index contributed by atoms with van der Waals surface area (Å²) in [7, 11) is 0. The maximum absolute atomic E-state index is 15.4. The van der Waals surface area contributed by atoms with Crippen LogP contribution in [0.5, 0.6) is 0 Å². The number of rotatable bonds is 6. The van der Waals surface area contributed by atoms with Crippen LogP contribution in [0.4, 0.5) is 15.9 Å². The summed E-state index contributed by atoms with van der Waals surface area (Å²) in [6.45, 7) is 10.8. The molecule has 0 radical (unpaired) electrons. The van der Waals surface area contributed by atoms with Crippen LogP contribution in [0, 0.1) is 11.7 Å². The predicted octanol–water partition coefficient (Wildman–Crippen LogP) is 5.74. The van der Waals surface area contributed by atoms with Crippen molar-refractivity contribution in [2.45, 2.75) is 38.5 Å². The van der Waals surface area contributed by atoms with Gasteiger partial charge in [0.15, 0.2) is 11.5 Å². The molecule has 2 aliphatic heterocycles. The van der Waals surface area contributed by atoms with Crippen molar-refractivity contribution in [1.82, 2.24) is 19.4 Å². The molecule has 0 saturated carbocycles. The van der Waals surface area contributed by atoms with Gasteiger partial charge in [0, 0.05) is 44.0 Å². The van der Waals surface area contributed by atoms with Gasteiger partial charge in [0.05, 0.1) is 43.3 Å². The number of carbonyl (C=O) groups is 1. The van der Waals surface area contributed by atoms with Gasteiger partial charge in [-0.3, -0.25) is 9.79 Å². The number of anilines is 2. The molecule has 43 heavy (non-hydrogen) atoms. The second-order valence-electron chi connectivity index (χ2n) is 10.8. The second kappa shape index (κ2) is 12.3. The van der Waals surface area contributed by atoms with Gasteiger partial charge in [0.25, 0.3) is 0 Å². The zero-order valence-corrected chi connectivity index (χ0v) is 26.6. The summed E-state index contributed by atoms with van der Waals surface area (Å²) >= 11 is 14.5. The van der Waals surface area contributed by atoms with Crippen molar-refractivity contribution in [2.75, 3.05) is 36.5 Å².